The Hall–Kier alpha value is -3.43. The van der Waals surface area contributed by atoms with Crippen molar-refractivity contribution in [2.24, 2.45) is 7.05 Å². The highest BCUT2D eigenvalue weighted by Crippen LogP contribution is 2.46. The predicted octanol–water partition coefficient (Wildman–Crippen LogP) is 5.12. The summed E-state index contributed by atoms with van der Waals surface area (Å²) in [7, 11) is 1.64. The van der Waals surface area contributed by atoms with Crippen molar-refractivity contribution in [2.75, 3.05) is 6.54 Å². The average Bonchev–Trinajstić information content (AvgIpc) is 3.39. The molecular formula is C26H28FN3O4S. The third kappa shape index (κ3) is 4.61. The zero-order valence-corrected chi connectivity index (χ0v) is 21.3. The van der Waals surface area contributed by atoms with Crippen molar-refractivity contribution in [3.05, 3.63) is 68.3 Å². The van der Waals surface area contributed by atoms with Crippen molar-refractivity contribution < 1.29 is 19.0 Å². The second kappa shape index (κ2) is 8.98. The van der Waals surface area contributed by atoms with Crippen molar-refractivity contribution in [1.82, 2.24) is 14.9 Å². The summed E-state index contributed by atoms with van der Waals surface area (Å²) in [5.41, 5.74) is 1.10. The first-order valence-electron chi connectivity index (χ1n) is 11.2. The van der Waals surface area contributed by atoms with Crippen LogP contribution in [0.5, 0.6) is 11.5 Å². The number of thiophene rings is 1. The number of hydrogen-bond donors (Lipinski definition) is 3. The fourth-order valence-electron chi connectivity index (χ4n) is 4.00. The van der Waals surface area contributed by atoms with E-state index in [9.17, 15) is 19.1 Å². The van der Waals surface area contributed by atoms with Gasteiger partial charge in [0.1, 0.15) is 28.5 Å². The van der Waals surface area contributed by atoms with Gasteiger partial charge < -0.3 is 24.7 Å². The maximum absolute atomic E-state index is 13.9. The maximum atomic E-state index is 13.9. The molecule has 0 spiro atoms. The lowest BCUT2D eigenvalue weighted by Gasteiger charge is -2.14. The molecule has 7 nitrogen and oxygen atoms in total. The molecule has 0 radical (unpaired) electrons. The van der Waals surface area contributed by atoms with Gasteiger partial charge in [-0.15, -0.1) is 11.3 Å². The van der Waals surface area contributed by atoms with E-state index in [-0.39, 0.29) is 23.0 Å². The van der Waals surface area contributed by atoms with Crippen LogP contribution >= 0.6 is 11.3 Å². The number of ether oxygens (including phenoxy) is 1. The monoisotopic (exact) mass is 497 g/mol. The number of nitrogens with one attached hydrogen (secondary N) is 2. The number of fused-ring (bicyclic) bond motifs is 1. The number of aromatic amines is 1. The van der Waals surface area contributed by atoms with E-state index in [0.29, 0.717) is 55.4 Å². The molecule has 184 valence electrons. The Labute approximate surface area is 206 Å². The van der Waals surface area contributed by atoms with Crippen LogP contribution in [0.15, 0.2) is 35.3 Å². The first-order valence-corrected chi connectivity index (χ1v) is 12.0. The highest BCUT2D eigenvalue weighted by Gasteiger charge is 2.26. The minimum atomic E-state index is -1.14. The number of amides is 1. The van der Waals surface area contributed by atoms with E-state index in [0.717, 1.165) is 0 Å². The Morgan fingerprint density at radius 3 is 2.49 bits per heavy atom. The lowest BCUT2D eigenvalue weighted by Crippen LogP contribution is -2.23. The number of halogens is 1. The number of carbonyl (C=O) groups is 1. The van der Waals surface area contributed by atoms with E-state index in [1.165, 1.54) is 28.0 Å². The third-order valence-electron chi connectivity index (χ3n) is 5.73. The molecule has 0 fully saturated rings. The van der Waals surface area contributed by atoms with Crippen LogP contribution in [-0.4, -0.2) is 27.1 Å². The van der Waals surface area contributed by atoms with Crippen LogP contribution in [0.1, 0.15) is 47.3 Å². The van der Waals surface area contributed by atoms with Crippen LogP contribution < -0.4 is 15.6 Å². The molecule has 0 saturated carbocycles. The minimum Gasteiger partial charge on any atom is -0.455 e. The van der Waals surface area contributed by atoms with Crippen LogP contribution in [0, 0.1) is 19.7 Å². The summed E-state index contributed by atoms with van der Waals surface area (Å²) in [5, 5.41) is 14.0. The molecule has 3 heterocycles. The van der Waals surface area contributed by atoms with Gasteiger partial charge >= 0.3 is 0 Å². The number of pyridine rings is 1. The van der Waals surface area contributed by atoms with Gasteiger partial charge in [0.25, 0.3) is 11.5 Å². The number of aromatic nitrogens is 2. The second-order valence-electron chi connectivity index (χ2n) is 9.12. The molecule has 0 aliphatic heterocycles. The smallest absolute Gasteiger partial charge is 0.274 e. The summed E-state index contributed by atoms with van der Waals surface area (Å²) in [6.07, 6.45) is 1.69. The first-order chi connectivity index (χ1) is 16.4. The summed E-state index contributed by atoms with van der Waals surface area (Å²) in [4.78, 5) is 29.6. The van der Waals surface area contributed by atoms with Gasteiger partial charge in [-0.25, -0.2) is 4.39 Å². The number of nitrogens with zero attached hydrogens (tertiary/aromatic N) is 1. The highest BCUT2D eigenvalue weighted by molar-refractivity contribution is 7.16. The van der Waals surface area contributed by atoms with E-state index in [4.69, 9.17) is 4.74 Å². The van der Waals surface area contributed by atoms with Gasteiger partial charge in [-0.05, 0) is 70.0 Å². The number of aliphatic hydroxyl groups is 1. The van der Waals surface area contributed by atoms with Gasteiger partial charge in [0, 0.05) is 35.6 Å². The van der Waals surface area contributed by atoms with Gasteiger partial charge in [-0.2, -0.15) is 0 Å². The van der Waals surface area contributed by atoms with Crippen molar-refractivity contribution in [2.45, 2.75) is 40.2 Å². The Morgan fingerprint density at radius 2 is 1.89 bits per heavy atom. The fourth-order valence-corrected chi connectivity index (χ4v) is 5.11. The second-order valence-corrected chi connectivity index (χ2v) is 10.2. The Balaban J connectivity index is 1.97. The van der Waals surface area contributed by atoms with E-state index in [1.54, 1.807) is 53.1 Å². The lowest BCUT2D eigenvalue weighted by molar-refractivity contribution is 0.0824. The topological polar surface area (TPSA) is 96.3 Å². The standard InChI is InChI=1S/C26H28FN3O4S/c1-7-28-24(31)18-10-16-17(12-30(6)25(32)21(16)29-18)23-19(11-20(35-23)26(4,5)33)34-22-13(2)8-15(27)9-14(22)3/h8-12,29,33H,7H2,1-6H3,(H,28,31). The van der Waals surface area contributed by atoms with Gasteiger partial charge in [0.2, 0.25) is 0 Å². The van der Waals surface area contributed by atoms with Crippen molar-refractivity contribution in [3.8, 4) is 21.9 Å². The number of aryl methyl sites for hydroxylation is 3. The molecule has 3 N–H and O–H groups in total. The number of rotatable bonds is 6. The molecule has 4 aromatic rings. The molecule has 9 heteroatoms. The lowest BCUT2D eigenvalue weighted by atomic mass is 10.1. The molecule has 4 rings (SSSR count). The summed E-state index contributed by atoms with van der Waals surface area (Å²) in [6, 6.07) is 6.22. The molecule has 0 aliphatic rings. The number of carbonyl (C=O) groups excluding carboxylic acids is 1. The van der Waals surface area contributed by atoms with Gasteiger partial charge in [0.05, 0.1) is 10.5 Å². The fraction of sp³-hybridized carbons (Fsp3) is 0.308. The molecule has 3 aromatic heterocycles. The molecule has 0 atom stereocenters. The van der Waals surface area contributed by atoms with Crippen LogP contribution in [0.25, 0.3) is 21.3 Å². The van der Waals surface area contributed by atoms with Gasteiger partial charge in [-0.1, -0.05) is 0 Å². The zero-order chi connectivity index (χ0) is 25.7. The van der Waals surface area contributed by atoms with Crippen molar-refractivity contribution in [1.29, 1.82) is 0 Å². The van der Waals surface area contributed by atoms with Crippen LogP contribution in [-0.2, 0) is 12.6 Å². The maximum Gasteiger partial charge on any atom is 0.274 e. The van der Waals surface area contributed by atoms with E-state index >= 15 is 0 Å². The van der Waals surface area contributed by atoms with Crippen LogP contribution in [0.3, 0.4) is 0 Å². The average molecular weight is 498 g/mol. The molecule has 0 unspecified atom stereocenters. The largest absolute Gasteiger partial charge is 0.455 e. The molecule has 0 saturated heterocycles. The number of benzene rings is 1. The first kappa shape index (κ1) is 24.7. The molecule has 35 heavy (non-hydrogen) atoms. The quantitative estimate of drug-likeness (QED) is 0.345. The summed E-state index contributed by atoms with van der Waals surface area (Å²) >= 11 is 1.33. The SMILES string of the molecule is CCNC(=O)c1cc2c(-c3sc(C(C)(C)O)cc3Oc3c(C)cc(F)cc3C)cn(C)c(=O)c2[nH]1. The van der Waals surface area contributed by atoms with Crippen molar-refractivity contribution >= 4 is 28.1 Å². The van der Waals surface area contributed by atoms with E-state index in [2.05, 4.69) is 10.3 Å². The Morgan fingerprint density at radius 1 is 1.23 bits per heavy atom. The van der Waals surface area contributed by atoms with Crippen molar-refractivity contribution in [3.63, 3.8) is 0 Å². The predicted molar refractivity (Wildman–Crippen MR) is 136 cm³/mol. The number of hydrogen-bond acceptors (Lipinski definition) is 5. The summed E-state index contributed by atoms with van der Waals surface area (Å²) in [5.74, 6) is 0.325. The highest BCUT2D eigenvalue weighted by atomic mass is 32.1. The molecule has 0 bridgehead atoms. The Kier molecular flexibility index (Phi) is 6.33. The summed E-state index contributed by atoms with van der Waals surface area (Å²) < 4.78 is 21.6. The van der Waals surface area contributed by atoms with E-state index in [1.807, 2.05) is 6.92 Å². The van der Waals surface area contributed by atoms with Gasteiger partial charge in [0.15, 0.2) is 0 Å². The Bertz CT molecular complexity index is 1480. The van der Waals surface area contributed by atoms with Gasteiger partial charge in [-0.3, -0.25) is 9.59 Å². The zero-order valence-electron chi connectivity index (χ0n) is 20.5. The molecule has 1 amide bonds. The molecular weight excluding hydrogens is 469 g/mol. The minimum absolute atomic E-state index is 0.272. The van der Waals surface area contributed by atoms with E-state index < -0.39 is 5.60 Å². The third-order valence-corrected chi connectivity index (χ3v) is 7.19. The normalized spacial score (nSPS) is 11.8. The van der Waals surface area contributed by atoms with Crippen LogP contribution in [0.2, 0.25) is 0 Å². The molecule has 1 aromatic carbocycles. The number of H-pyrrole nitrogens is 1. The molecule has 0 aliphatic carbocycles. The summed E-state index contributed by atoms with van der Waals surface area (Å²) in [6.45, 7) is 9.17. The van der Waals surface area contributed by atoms with Crippen LogP contribution in [0.4, 0.5) is 4.39 Å².